The van der Waals surface area contributed by atoms with Gasteiger partial charge < -0.3 is 4.98 Å². The van der Waals surface area contributed by atoms with Gasteiger partial charge in [0, 0.05) is 5.56 Å². The molecule has 0 saturated heterocycles. The van der Waals surface area contributed by atoms with E-state index in [1.54, 1.807) is 0 Å². The van der Waals surface area contributed by atoms with Gasteiger partial charge in [-0.05, 0) is 0 Å². The largest absolute Gasteiger partial charge is 0.432 e. The number of hydrogen-bond donors (Lipinski definition) is 1. The van der Waals surface area contributed by atoms with E-state index in [2.05, 4.69) is 19.9 Å². The highest BCUT2D eigenvalue weighted by Crippen LogP contribution is 2.29. The predicted molar refractivity (Wildman–Crippen MR) is 70.1 cm³/mol. The molecule has 1 N–H and O–H groups in total. The Morgan fingerprint density at radius 1 is 0.810 bits per heavy atom. The van der Waals surface area contributed by atoms with Crippen LogP contribution in [0.3, 0.4) is 0 Å². The molecule has 7 heteroatoms. The Morgan fingerprint density at radius 3 is 2.05 bits per heavy atom. The highest BCUT2D eigenvalue weighted by Gasteiger charge is 2.33. The molecule has 1 aromatic carbocycles. The average Bonchev–Trinajstić information content (AvgIpc) is 2.98. The van der Waals surface area contributed by atoms with Gasteiger partial charge in [-0.25, -0.2) is 9.97 Å². The second kappa shape index (κ2) is 5.01. The second-order valence-corrected chi connectivity index (χ2v) is 4.30. The molecule has 2 heterocycles. The Balaban J connectivity index is 1.89. The Labute approximate surface area is 117 Å². The topological polar surface area (TPSA) is 54.5 Å². The van der Waals surface area contributed by atoms with Crippen LogP contribution in [-0.2, 0) is 6.18 Å². The van der Waals surface area contributed by atoms with Crippen molar-refractivity contribution in [2.45, 2.75) is 6.18 Å². The summed E-state index contributed by atoms with van der Waals surface area (Å²) in [7, 11) is 0. The number of aromatic nitrogens is 4. The van der Waals surface area contributed by atoms with Crippen LogP contribution in [0.2, 0.25) is 0 Å². The lowest BCUT2D eigenvalue weighted by Gasteiger charge is -2.02. The van der Waals surface area contributed by atoms with Crippen molar-refractivity contribution in [1.82, 2.24) is 19.9 Å². The van der Waals surface area contributed by atoms with Gasteiger partial charge in [-0.15, -0.1) is 0 Å². The highest BCUT2D eigenvalue weighted by molar-refractivity contribution is 5.59. The molecule has 0 atom stereocenters. The van der Waals surface area contributed by atoms with Crippen LogP contribution in [0.15, 0.2) is 48.9 Å². The molecule has 21 heavy (non-hydrogen) atoms. The fourth-order valence-corrected chi connectivity index (χ4v) is 1.80. The van der Waals surface area contributed by atoms with Gasteiger partial charge in [-0.3, -0.25) is 4.98 Å². The minimum Gasteiger partial charge on any atom is -0.333 e. The van der Waals surface area contributed by atoms with Crippen LogP contribution < -0.4 is 0 Å². The van der Waals surface area contributed by atoms with Gasteiger partial charge in [-0.2, -0.15) is 13.2 Å². The number of benzene rings is 1. The molecule has 0 radical (unpaired) electrons. The number of nitrogens with zero attached hydrogens (tertiary/aromatic N) is 3. The first-order valence-corrected chi connectivity index (χ1v) is 6.04. The lowest BCUT2D eigenvalue weighted by Crippen LogP contribution is -2.04. The Kier molecular flexibility index (Phi) is 3.17. The molecular formula is C14H9F3N4. The minimum absolute atomic E-state index is 0.0365. The molecule has 0 unspecified atom stereocenters. The number of rotatable bonds is 2. The minimum atomic E-state index is -4.46. The van der Waals surface area contributed by atoms with E-state index in [4.69, 9.17) is 0 Å². The molecule has 0 saturated carbocycles. The van der Waals surface area contributed by atoms with Gasteiger partial charge in [0.05, 0.1) is 24.3 Å². The molecule has 0 aliphatic rings. The maximum absolute atomic E-state index is 12.5. The third-order valence-corrected chi connectivity index (χ3v) is 2.85. The average molecular weight is 290 g/mol. The molecule has 0 amide bonds. The van der Waals surface area contributed by atoms with E-state index in [0.29, 0.717) is 5.69 Å². The molecule has 106 valence electrons. The first kappa shape index (κ1) is 13.3. The van der Waals surface area contributed by atoms with Crippen LogP contribution in [0, 0.1) is 0 Å². The molecule has 0 aliphatic heterocycles. The van der Waals surface area contributed by atoms with Gasteiger partial charge in [0.2, 0.25) is 0 Å². The van der Waals surface area contributed by atoms with E-state index < -0.39 is 11.9 Å². The summed E-state index contributed by atoms with van der Waals surface area (Å²) in [4.78, 5) is 14.2. The number of halogens is 3. The third-order valence-electron chi connectivity index (χ3n) is 2.85. The van der Waals surface area contributed by atoms with Crippen molar-refractivity contribution in [3.05, 3.63) is 54.6 Å². The van der Waals surface area contributed by atoms with Crippen molar-refractivity contribution >= 4 is 0 Å². The van der Waals surface area contributed by atoms with Crippen LogP contribution >= 0.6 is 0 Å². The van der Waals surface area contributed by atoms with Gasteiger partial charge >= 0.3 is 6.18 Å². The quantitative estimate of drug-likeness (QED) is 0.785. The zero-order valence-corrected chi connectivity index (χ0v) is 10.6. The van der Waals surface area contributed by atoms with Crippen LogP contribution in [0.25, 0.3) is 22.8 Å². The summed E-state index contributed by atoms with van der Waals surface area (Å²) < 4.78 is 37.5. The molecule has 0 spiro atoms. The Hall–Kier alpha value is -2.70. The van der Waals surface area contributed by atoms with Crippen molar-refractivity contribution in [3.63, 3.8) is 0 Å². The standard InChI is InChI=1S/C14H9F3N4/c15-14(16,17)12-8-20-13(21-12)11-7-18-10(6-19-11)9-4-2-1-3-5-9/h1-8H,(H,20,21). The van der Waals surface area contributed by atoms with E-state index in [1.165, 1.54) is 12.4 Å². The van der Waals surface area contributed by atoms with Crippen molar-refractivity contribution in [1.29, 1.82) is 0 Å². The maximum Gasteiger partial charge on any atom is 0.432 e. The number of aromatic amines is 1. The normalized spacial score (nSPS) is 11.6. The molecular weight excluding hydrogens is 281 g/mol. The fraction of sp³-hybridized carbons (Fsp3) is 0.0714. The monoisotopic (exact) mass is 290 g/mol. The first-order valence-electron chi connectivity index (χ1n) is 6.04. The van der Waals surface area contributed by atoms with Crippen LogP contribution in [0.1, 0.15) is 5.69 Å². The van der Waals surface area contributed by atoms with Crippen LogP contribution in [-0.4, -0.2) is 19.9 Å². The maximum atomic E-state index is 12.5. The van der Waals surface area contributed by atoms with Gasteiger partial charge in [0.25, 0.3) is 0 Å². The van der Waals surface area contributed by atoms with Crippen molar-refractivity contribution in [3.8, 4) is 22.8 Å². The second-order valence-electron chi connectivity index (χ2n) is 4.30. The van der Waals surface area contributed by atoms with Crippen molar-refractivity contribution in [2.75, 3.05) is 0 Å². The third kappa shape index (κ3) is 2.76. The summed E-state index contributed by atoms with van der Waals surface area (Å²) in [6, 6.07) is 9.36. The van der Waals surface area contributed by atoms with E-state index in [0.717, 1.165) is 11.8 Å². The summed E-state index contributed by atoms with van der Waals surface area (Å²) in [5.74, 6) is 0.0365. The molecule has 4 nitrogen and oxygen atoms in total. The summed E-state index contributed by atoms with van der Waals surface area (Å²) in [5, 5.41) is 0. The summed E-state index contributed by atoms with van der Waals surface area (Å²) in [6.07, 6.45) is -0.827. The predicted octanol–water partition coefficient (Wildman–Crippen LogP) is 3.55. The molecule has 3 aromatic rings. The smallest absolute Gasteiger partial charge is 0.333 e. The van der Waals surface area contributed by atoms with E-state index in [9.17, 15) is 13.2 Å². The zero-order chi connectivity index (χ0) is 14.9. The van der Waals surface area contributed by atoms with E-state index >= 15 is 0 Å². The molecule has 0 fully saturated rings. The van der Waals surface area contributed by atoms with Gasteiger partial charge in [0.1, 0.15) is 11.4 Å². The van der Waals surface area contributed by atoms with Crippen molar-refractivity contribution < 1.29 is 13.2 Å². The number of alkyl halides is 3. The van der Waals surface area contributed by atoms with Crippen LogP contribution in [0.4, 0.5) is 13.2 Å². The van der Waals surface area contributed by atoms with Gasteiger partial charge in [0.15, 0.2) is 5.82 Å². The first-order chi connectivity index (χ1) is 10.0. The number of nitrogens with one attached hydrogen (secondary N) is 1. The lowest BCUT2D eigenvalue weighted by molar-refractivity contribution is -0.140. The van der Waals surface area contributed by atoms with E-state index in [-0.39, 0.29) is 11.5 Å². The highest BCUT2D eigenvalue weighted by atomic mass is 19.4. The summed E-state index contributed by atoms with van der Waals surface area (Å²) in [6.45, 7) is 0. The van der Waals surface area contributed by atoms with Gasteiger partial charge in [-0.1, -0.05) is 30.3 Å². The molecule has 3 rings (SSSR count). The fourth-order valence-electron chi connectivity index (χ4n) is 1.80. The van der Waals surface area contributed by atoms with Crippen LogP contribution in [0.5, 0.6) is 0 Å². The Morgan fingerprint density at radius 2 is 1.48 bits per heavy atom. The number of H-pyrrole nitrogens is 1. The molecule has 0 aliphatic carbocycles. The SMILES string of the molecule is FC(F)(F)c1cnc(-c2cnc(-c3ccccc3)cn2)[nH]1. The summed E-state index contributed by atoms with van der Waals surface area (Å²) in [5.41, 5.74) is 0.866. The molecule has 0 bridgehead atoms. The Bertz CT molecular complexity index is 733. The van der Waals surface area contributed by atoms with Crippen molar-refractivity contribution in [2.24, 2.45) is 0 Å². The molecule has 2 aromatic heterocycles. The van der Waals surface area contributed by atoms with E-state index in [1.807, 2.05) is 30.3 Å². The number of imidazole rings is 1. The number of hydrogen-bond acceptors (Lipinski definition) is 3. The zero-order valence-electron chi connectivity index (χ0n) is 10.6. The summed E-state index contributed by atoms with van der Waals surface area (Å²) >= 11 is 0. The lowest BCUT2D eigenvalue weighted by atomic mass is 10.2.